The predicted molar refractivity (Wildman–Crippen MR) is 74.0 cm³/mol. The van der Waals surface area contributed by atoms with Gasteiger partial charge in [-0.15, -0.1) is 0 Å². The van der Waals surface area contributed by atoms with E-state index in [-0.39, 0.29) is 17.7 Å². The van der Waals surface area contributed by atoms with Crippen molar-refractivity contribution in [3.05, 3.63) is 34.9 Å². The fraction of sp³-hybridized carbons (Fsp3) is 0.625. The van der Waals surface area contributed by atoms with E-state index in [4.69, 9.17) is 0 Å². The van der Waals surface area contributed by atoms with Gasteiger partial charge in [-0.05, 0) is 56.2 Å². The molecule has 1 aromatic rings. The minimum absolute atomic E-state index is 0.159. The Kier molecular flexibility index (Phi) is 4.24. The van der Waals surface area contributed by atoms with Gasteiger partial charge in [0.25, 0.3) is 0 Å². The molecule has 1 fully saturated rings. The third kappa shape index (κ3) is 2.97. The minimum atomic E-state index is -0.335. The number of rotatable bonds is 3. The van der Waals surface area contributed by atoms with Crippen LogP contribution >= 0.6 is 0 Å². The standard InChI is InChI=1S/C16H23F2N/c1-9-5-6-16(11(9)3)19-12(4)13-8-14(17)10(2)7-15(13)18/h7-9,11-12,16,19H,5-6H2,1-4H3. The van der Waals surface area contributed by atoms with Gasteiger partial charge >= 0.3 is 0 Å². The van der Waals surface area contributed by atoms with Crippen LogP contribution in [0.2, 0.25) is 0 Å². The largest absolute Gasteiger partial charge is 0.307 e. The van der Waals surface area contributed by atoms with Crippen molar-refractivity contribution in [3.8, 4) is 0 Å². The molecule has 0 amide bonds. The molecule has 0 heterocycles. The van der Waals surface area contributed by atoms with Crippen molar-refractivity contribution in [2.75, 3.05) is 0 Å². The topological polar surface area (TPSA) is 12.0 Å². The summed E-state index contributed by atoms with van der Waals surface area (Å²) in [5.74, 6) is 0.626. The maximum Gasteiger partial charge on any atom is 0.128 e. The second-order valence-corrected chi connectivity index (χ2v) is 6.03. The molecule has 1 saturated carbocycles. The van der Waals surface area contributed by atoms with Crippen LogP contribution in [0.1, 0.15) is 50.8 Å². The zero-order chi connectivity index (χ0) is 14.2. The number of halogens is 2. The fourth-order valence-corrected chi connectivity index (χ4v) is 3.00. The summed E-state index contributed by atoms with van der Waals surface area (Å²) >= 11 is 0. The molecule has 0 aromatic heterocycles. The van der Waals surface area contributed by atoms with Crippen LogP contribution in [0.15, 0.2) is 12.1 Å². The number of nitrogens with one attached hydrogen (secondary N) is 1. The highest BCUT2D eigenvalue weighted by Gasteiger charge is 2.31. The molecule has 1 aliphatic rings. The van der Waals surface area contributed by atoms with Gasteiger partial charge in [-0.3, -0.25) is 0 Å². The molecular formula is C16H23F2N. The molecule has 0 radical (unpaired) electrons. The molecule has 1 aromatic carbocycles. The van der Waals surface area contributed by atoms with E-state index in [1.165, 1.54) is 18.6 Å². The van der Waals surface area contributed by atoms with Crippen molar-refractivity contribution < 1.29 is 8.78 Å². The number of benzene rings is 1. The van der Waals surface area contributed by atoms with Crippen LogP contribution in [0.4, 0.5) is 8.78 Å². The average Bonchev–Trinajstić information content (AvgIpc) is 2.65. The normalized spacial score (nSPS) is 28.6. The van der Waals surface area contributed by atoms with E-state index >= 15 is 0 Å². The van der Waals surface area contributed by atoms with Gasteiger partial charge in [-0.2, -0.15) is 0 Å². The Balaban J connectivity index is 2.12. The van der Waals surface area contributed by atoms with Crippen molar-refractivity contribution in [1.82, 2.24) is 5.32 Å². The van der Waals surface area contributed by atoms with Gasteiger partial charge in [0.2, 0.25) is 0 Å². The molecule has 0 spiro atoms. The number of hydrogen-bond acceptors (Lipinski definition) is 1. The van der Waals surface area contributed by atoms with E-state index in [0.717, 1.165) is 6.42 Å². The van der Waals surface area contributed by atoms with Gasteiger partial charge in [-0.25, -0.2) is 8.78 Å². The van der Waals surface area contributed by atoms with Gasteiger partial charge in [0, 0.05) is 17.6 Å². The Morgan fingerprint density at radius 3 is 2.42 bits per heavy atom. The van der Waals surface area contributed by atoms with E-state index in [1.54, 1.807) is 6.92 Å². The second-order valence-electron chi connectivity index (χ2n) is 6.03. The van der Waals surface area contributed by atoms with Crippen molar-refractivity contribution in [2.24, 2.45) is 11.8 Å². The first-order valence-electron chi connectivity index (χ1n) is 7.11. The summed E-state index contributed by atoms with van der Waals surface area (Å²) in [6.07, 6.45) is 2.32. The molecule has 0 aliphatic heterocycles. The Morgan fingerprint density at radius 2 is 1.84 bits per heavy atom. The third-order valence-corrected chi connectivity index (χ3v) is 4.67. The maximum atomic E-state index is 13.9. The molecule has 106 valence electrons. The van der Waals surface area contributed by atoms with Crippen molar-refractivity contribution in [1.29, 1.82) is 0 Å². The average molecular weight is 267 g/mol. The summed E-state index contributed by atoms with van der Waals surface area (Å²) in [6.45, 7) is 7.97. The predicted octanol–water partition coefficient (Wildman–Crippen LogP) is 4.36. The summed E-state index contributed by atoms with van der Waals surface area (Å²) < 4.78 is 27.5. The van der Waals surface area contributed by atoms with Gasteiger partial charge in [0.1, 0.15) is 11.6 Å². The number of aryl methyl sites for hydroxylation is 1. The summed E-state index contributed by atoms with van der Waals surface area (Å²) in [4.78, 5) is 0. The maximum absolute atomic E-state index is 13.9. The minimum Gasteiger partial charge on any atom is -0.307 e. The molecule has 19 heavy (non-hydrogen) atoms. The highest BCUT2D eigenvalue weighted by molar-refractivity contribution is 5.27. The molecule has 3 heteroatoms. The second kappa shape index (κ2) is 5.58. The first kappa shape index (κ1) is 14.4. The summed E-state index contributed by atoms with van der Waals surface area (Å²) in [6, 6.07) is 2.84. The molecule has 2 rings (SSSR count). The molecule has 1 nitrogen and oxygen atoms in total. The van der Waals surface area contributed by atoms with Gasteiger partial charge in [0.15, 0.2) is 0 Å². The molecule has 1 N–H and O–H groups in total. The SMILES string of the molecule is Cc1cc(F)c(C(C)NC2CCC(C)C2C)cc1F. The van der Waals surface area contributed by atoms with E-state index in [1.807, 2.05) is 6.92 Å². The summed E-state index contributed by atoms with van der Waals surface area (Å²) in [5.41, 5.74) is 0.783. The molecule has 0 bridgehead atoms. The van der Waals surface area contributed by atoms with Crippen molar-refractivity contribution >= 4 is 0 Å². The van der Waals surface area contributed by atoms with E-state index in [9.17, 15) is 8.78 Å². The van der Waals surface area contributed by atoms with Crippen LogP contribution in [0.5, 0.6) is 0 Å². The third-order valence-electron chi connectivity index (χ3n) is 4.67. The molecule has 4 unspecified atom stereocenters. The summed E-state index contributed by atoms with van der Waals surface area (Å²) in [7, 11) is 0. The van der Waals surface area contributed by atoms with E-state index in [2.05, 4.69) is 19.2 Å². The monoisotopic (exact) mass is 267 g/mol. The van der Waals surface area contributed by atoms with Crippen LogP contribution in [0.3, 0.4) is 0 Å². The molecule has 1 aliphatic carbocycles. The van der Waals surface area contributed by atoms with Crippen LogP contribution < -0.4 is 5.32 Å². The number of hydrogen-bond donors (Lipinski definition) is 1. The van der Waals surface area contributed by atoms with Crippen molar-refractivity contribution in [3.63, 3.8) is 0 Å². The quantitative estimate of drug-likeness (QED) is 0.858. The lowest BCUT2D eigenvalue weighted by atomic mass is 9.96. The van der Waals surface area contributed by atoms with E-state index < -0.39 is 0 Å². The first-order valence-corrected chi connectivity index (χ1v) is 7.11. The lowest BCUT2D eigenvalue weighted by molar-refractivity contribution is 0.343. The van der Waals surface area contributed by atoms with Gasteiger partial charge in [0.05, 0.1) is 0 Å². The lowest BCUT2D eigenvalue weighted by Gasteiger charge is -2.25. The Morgan fingerprint density at radius 1 is 1.16 bits per heavy atom. The Labute approximate surface area is 114 Å². The highest BCUT2D eigenvalue weighted by Crippen LogP contribution is 2.33. The van der Waals surface area contributed by atoms with Gasteiger partial charge < -0.3 is 5.32 Å². The van der Waals surface area contributed by atoms with Crippen LogP contribution in [-0.2, 0) is 0 Å². The van der Waals surface area contributed by atoms with Gasteiger partial charge in [-0.1, -0.05) is 13.8 Å². The Bertz CT molecular complexity index is 458. The Hall–Kier alpha value is -0.960. The molecular weight excluding hydrogens is 244 g/mol. The molecule has 4 atom stereocenters. The fourth-order valence-electron chi connectivity index (χ4n) is 3.00. The van der Waals surface area contributed by atoms with Crippen LogP contribution in [0, 0.1) is 30.4 Å². The van der Waals surface area contributed by atoms with E-state index in [0.29, 0.717) is 29.0 Å². The lowest BCUT2D eigenvalue weighted by Crippen LogP contribution is -2.34. The van der Waals surface area contributed by atoms with Crippen molar-refractivity contribution in [2.45, 2.75) is 52.6 Å². The highest BCUT2D eigenvalue weighted by atomic mass is 19.1. The summed E-state index contributed by atoms with van der Waals surface area (Å²) in [5, 5.41) is 3.46. The first-order chi connectivity index (χ1) is 8.90. The zero-order valence-corrected chi connectivity index (χ0v) is 12.1. The van der Waals surface area contributed by atoms with Crippen LogP contribution in [0.25, 0.3) is 0 Å². The zero-order valence-electron chi connectivity index (χ0n) is 12.1. The van der Waals surface area contributed by atoms with Crippen LogP contribution in [-0.4, -0.2) is 6.04 Å². The smallest absolute Gasteiger partial charge is 0.128 e. The molecule has 0 saturated heterocycles.